The molecule has 0 unspecified atom stereocenters. The molecule has 0 aromatic rings. The van der Waals surface area contributed by atoms with Crippen LogP contribution in [0.1, 0.15) is 19.8 Å². The van der Waals surface area contributed by atoms with Crippen molar-refractivity contribution < 1.29 is 13.9 Å². The largest absolute Gasteiger partial charge is 0.392 e. The third-order valence-corrected chi connectivity index (χ3v) is 2.69. The Morgan fingerprint density at radius 3 is 2.47 bits per heavy atom. The minimum absolute atomic E-state index is 0.108. The van der Waals surface area contributed by atoms with Gasteiger partial charge in [0.15, 0.2) is 0 Å². The molecule has 0 saturated carbocycles. The van der Waals surface area contributed by atoms with Crippen LogP contribution in [-0.2, 0) is 0 Å². The highest BCUT2D eigenvalue weighted by Gasteiger charge is 2.20. The molecule has 1 fully saturated rings. The summed E-state index contributed by atoms with van der Waals surface area (Å²) in [5.41, 5.74) is 0. The Hall–Kier alpha value is -0.260. The first-order chi connectivity index (χ1) is 7.08. The van der Waals surface area contributed by atoms with Crippen LogP contribution in [0.2, 0.25) is 0 Å². The van der Waals surface area contributed by atoms with E-state index in [1.165, 1.54) is 0 Å². The van der Waals surface area contributed by atoms with Crippen LogP contribution in [0.15, 0.2) is 0 Å². The minimum atomic E-state index is -2.23. The van der Waals surface area contributed by atoms with Crippen LogP contribution in [0.25, 0.3) is 0 Å². The first-order valence-corrected chi connectivity index (χ1v) is 5.50. The van der Waals surface area contributed by atoms with Crippen molar-refractivity contribution in [1.29, 1.82) is 0 Å². The highest BCUT2D eigenvalue weighted by atomic mass is 19.3. The molecule has 0 bridgehead atoms. The Labute approximate surface area is 89.5 Å². The van der Waals surface area contributed by atoms with E-state index in [1.807, 2.05) is 0 Å². The molecular formula is C10H20F2N2O. The third-order valence-electron chi connectivity index (χ3n) is 2.69. The van der Waals surface area contributed by atoms with Crippen LogP contribution < -0.4 is 5.32 Å². The second kappa shape index (κ2) is 6.35. The van der Waals surface area contributed by atoms with Crippen LogP contribution in [0.4, 0.5) is 8.78 Å². The smallest absolute Gasteiger partial charge is 0.251 e. The molecule has 1 aliphatic heterocycles. The van der Waals surface area contributed by atoms with Crippen molar-refractivity contribution >= 4 is 0 Å². The van der Waals surface area contributed by atoms with Gasteiger partial charge < -0.3 is 10.4 Å². The number of piperidine rings is 1. The van der Waals surface area contributed by atoms with Crippen LogP contribution in [-0.4, -0.2) is 54.8 Å². The Morgan fingerprint density at radius 2 is 2.00 bits per heavy atom. The van der Waals surface area contributed by atoms with Gasteiger partial charge in [0.05, 0.1) is 12.6 Å². The van der Waals surface area contributed by atoms with Crippen molar-refractivity contribution in [1.82, 2.24) is 10.2 Å². The van der Waals surface area contributed by atoms with Gasteiger partial charge in [-0.25, -0.2) is 8.78 Å². The normalized spacial score (nSPS) is 22.2. The van der Waals surface area contributed by atoms with E-state index in [-0.39, 0.29) is 12.6 Å². The average Bonchev–Trinajstić information content (AvgIpc) is 2.16. The quantitative estimate of drug-likeness (QED) is 0.718. The second-order valence-corrected chi connectivity index (χ2v) is 4.22. The molecule has 1 saturated heterocycles. The fourth-order valence-corrected chi connectivity index (χ4v) is 1.85. The highest BCUT2D eigenvalue weighted by Crippen LogP contribution is 2.11. The zero-order chi connectivity index (χ0) is 11.3. The molecule has 15 heavy (non-hydrogen) atoms. The molecule has 0 spiro atoms. The molecule has 0 radical (unpaired) electrons. The molecule has 3 nitrogen and oxygen atoms in total. The number of hydrogen-bond acceptors (Lipinski definition) is 3. The van der Waals surface area contributed by atoms with Crippen molar-refractivity contribution in [3.63, 3.8) is 0 Å². The molecule has 1 aliphatic rings. The summed E-state index contributed by atoms with van der Waals surface area (Å²) in [5, 5.41) is 12.3. The standard InChI is InChI=1S/C10H20F2N2O/c1-8(15)6-13-9-2-4-14(5-3-9)7-10(11)12/h8-10,13,15H,2-7H2,1H3/t8-/m1/s1. The number of nitrogens with zero attached hydrogens (tertiary/aromatic N) is 1. The maximum absolute atomic E-state index is 12.1. The lowest BCUT2D eigenvalue weighted by atomic mass is 10.0. The predicted molar refractivity (Wildman–Crippen MR) is 55.1 cm³/mol. The Balaban J connectivity index is 2.12. The van der Waals surface area contributed by atoms with E-state index in [0.29, 0.717) is 12.6 Å². The van der Waals surface area contributed by atoms with Gasteiger partial charge in [-0.05, 0) is 32.9 Å². The molecule has 0 aromatic carbocycles. The summed E-state index contributed by atoms with van der Waals surface area (Å²) in [5.74, 6) is 0. The number of likely N-dealkylation sites (tertiary alicyclic amines) is 1. The number of aliphatic hydroxyl groups excluding tert-OH is 1. The van der Waals surface area contributed by atoms with E-state index in [2.05, 4.69) is 5.32 Å². The molecule has 0 aromatic heterocycles. The first-order valence-electron chi connectivity index (χ1n) is 5.50. The Kier molecular flexibility index (Phi) is 5.42. The molecule has 5 heteroatoms. The van der Waals surface area contributed by atoms with E-state index < -0.39 is 6.43 Å². The van der Waals surface area contributed by atoms with Gasteiger partial charge in [-0.1, -0.05) is 0 Å². The molecule has 2 N–H and O–H groups in total. The van der Waals surface area contributed by atoms with E-state index >= 15 is 0 Å². The molecular weight excluding hydrogens is 202 g/mol. The maximum Gasteiger partial charge on any atom is 0.251 e. The molecule has 0 amide bonds. The monoisotopic (exact) mass is 222 g/mol. The van der Waals surface area contributed by atoms with Crippen molar-refractivity contribution in [2.24, 2.45) is 0 Å². The van der Waals surface area contributed by atoms with Gasteiger partial charge >= 0.3 is 0 Å². The molecule has 1 atom stereocenters. The van der Waals surface area contributed by atoms with E-state index in [0.717, 1.165) is 25.9 Å². The SMILES string of the molecule is C[C@@H](O)CNC1CCN(CC(F)F)CC1. The summed E-state index contributed by atoms with van der Waals surface area (Å²) in [6.45, 7) is 3.66. The lowest BCUT2D eigenvalue weighted by Crippen LogP contribution is -2.45. The summed E-state index contributed by atoms with van der Waals surface area (Å²) >= 11 is 0. The predicted octanol–water partition coefficient (Wildman–Crippen LogP) is 0.686. The number of alkyl halides is 2. The number of halogens is 2. The lowest BCUT2D eigenvalue weighted by molar-refractivity contribution is 0.0717. The summed E-state index contributed by atoms with van der Waals surface area (Å²) in [6.07, 6.45) is -0.796. The first kappa shape index (κ1) is 12.8. The average molecular weight is 222 g/mol. The van der Waals surface area contributed by atoms with Crippen molar-refractivity contribution in [2.45, 2.75) is 38.3 Å². The van der Waals surface area contributed by atoms with E-state index in [9.17, 15) is 8.78 Å². The van der Waals surface area contributed by atoms with Crippen LogP contribution in [0.5, 0.6) is 0 Å². The zero-order valence-corrected chi connectivity index (χ0v) is 9.13. The molecule has 90 valence electrons. The summed E-state index contributed by atoms with van der Waals surface area (Å²) in [4.78, 5) is 1.80. The third kappa shape index (κ3) is 5.39. The van der Waals surface area contributed by atoms with E-state index in [4.69, 9.17) is 5.11 Å². The molecule has 1 heterocycles. The van der Waals surface area contributed by atoms with Gasteiger partial charge in [-0.2, -0.15) is 0 Å². The number of nitrogens with one attached hydrogen (secondary N) is 1. The maximum atomic E-state index is 12.1. The van der Waals surface area contributed by atoms with Crippen molar-refractivity contribution in [2.75, 3.05) is 26.2 Å². The van der Waals surface area contributed by atoms with Gasteiger partial charge in [0.2, 0.25) is 0 Å². The van der Waals surface area contributed by atoms with Gasteiger partial charge in [-0.3, -0.25) is 4.90 Å². The fourth-order valence-electron chi connectivity index (χ4n) is 1.85. The van der Waals surface area contributed by atoms with Crippen molar-refractivity contribution in [3.05, 3.63) is 0 Å². The number of rotatable bonds is 5. The summed E-state index contributed by atoms with van der Waals surface area (Å²) in [6, 6.07) is 0.369. The molecule has 0 aliphatic carbocycles. The van der Waals surface area contributed by atoms with Crippen LogP contribution >= 0.6 is 0 Å². The van der Waals surface area contributed by atoms with Crippen molar-refractivity contribution in [3.8, 4) is 0 Å². The number of hydrogen-bond donors (Lipinski definition) is 2. The van der Waals surface area contributed by atoms with Gasteiger partial charge in [0, 0.05) is 12.6 Å². The zero-order valence-electron chi connectivity index (χ0n) is 9.13. The minimum Gasteiger partial charge on any atom is -0.392 e. The second-order valence-electron chi connectivity index (χ2n) is 4.22. The number of aliphatic hydroxyl groups is 1. The molecule has 1 rings (SSSR count). The summed E-state index contributed by atoms with van der Waals surface area (Å²) in [7, 11) is 0. The fraction of sp³-hybridized carbons (Fsp3) is 1.00. The van der Waals surface area contributed by atoms with Crippen LogP contribution in [0.3, 0.4) is 0 Å². The van der Waals surface area contributed by atoms with Gasteiger partial charge in [-0.15, -0.1) is 0 Å². The Morgan fingerprint density at radius 1 is 1.40 bits per heavy atom. The summed E-state index contributed by atoms with van der Waals surface area (Å²) < 4.78 is 24.2. The van der Waals surface area contributed by atoms with Gasteiger partial charge in [0.25, 0.3) is 6.43 Å². The van der Waals surface area contributed by atoms with Gasteiger partial charge in [0.1, 0.15) is 0 Å². The van der Waals surface area contributed by atoms with E-state index in [1.54, 1.807) is 11.8 Å². The topological polar surface area (TPSA) is 35.5 Å². The Bertz CT molecular complexity index is 171. The lowest BCUT2D eigenvalue weighted by Gasteiger charge is -2.32. The highest BCUT2D eigenvalue weighted by molar-refractivity contribution is 4.77. The van der Waals surface area contributed by atoms with Crippen LogP contribution in [0, 0.1) is 0 Å².